The maximum atomic E-state index is 12.5. The molecule has 2 fully saturated rings. The minimum Gasteiger partial charge on any atom is -0.364 e. The summed E-state index contributed by atoms with van der Waals surface area (Å²) < 4.78 is 20.1. The molecular formula is C23H28N6O4. The van der Waals surface area contributed by atoms with Crippen LogP contribution in [-0.4, -0.2) is 56.6 Å². The molecule has 1 amide bonds. The number of hydrogen-bond acceptors (Lipinski definition) is 8. The number of imidazole rings is 1. The van der Waals surface area contributed by atoms with Crippen molar-refractivity contribution in [2.75, 3.05) is 12.4 Å². The quantitative estimate of drug-likeness (QED) is 0.585. The molecule has 2 aromatic heterocycles. The molecule has 10 nitrogen and oxygen atoms in total. The van der Waals surface area contributed by atoms with Crippen molar-refractivity contribution in [1.82, 2.24) is 24.8 Å². The Kier molecular flexibility index (Phi) is 5.51. The van der Waals surface area contributed by atoms with E-state index in [4.69, 9.17) is 19.2 Å². The van der Waals surface area contributed by atoms with Crippen molar-refractivity contribution < 1.29 is 19.0 Å². The van der Waals surface area contributed by atoms with Gasteiger partial charge in [-0.3, -0.25) is 9.36 Å². The van der Waals surface area contributed by atoms with Gasteiger partial charge in [0.05, 0.1) is 6.33 Å². The van der Waals surface area contributed by atoms with Crippen LogP contribution in [0.15, 0.2) is 36.7 Å². The summed E-state index contributed by atoms with van der Waals surface area (Å²) in [5, 5.41) is 6.04. The summed E-state index contributed by atoms with van der Waals surface area (Å²) in [6.45, 7) is 6.27. The molecule has 0 saturated carbocycles. The molecule has 0 bridgehead atoms. The lowest BCUT2D eigenvalue weighted by Gasteiger charge is -2.24. The Bertz CT molecular complexity index is 1160. The van der Waals surface area contributed by atoms with Gasteiger partial charge in [-0.05, 0) is 19.4 Å². The lowest BCUT2D eigenvalue weighted by Crippen LogP contribution is -2.41. The van der Waals surface area contributed by atoms with E-state index in [9.17, 15) is 4.79 Å². The van der Waals surface area contributed by atoms with Gasteiger partial charge in [0.2, 0.25) is 0 Å². The topological polar surface area (TPSA) is 112 Å². The molecule has 4 heterocycles. The molecule has 0 spiro atoms. The molecule has 2 saturated heterocycles. The van der Waals surface area contributed by atoms with Gasteiger partial charge in [-0.15, -0.1) is 0 Å². The number of benzene rings is 1. The molecule has 0 radical (unpaired) electrons. The van der Waals surface area contributed by atoms with Gasteiger partial charge in [-0.2, -0.15) is 0 Å². The molecule has 3 aromatic rings. The van der Waals surface area contributed by atoms with E-state index in [-0.39, 0.29) is 5.91 Å². The second kappa shape index (κ2) is 8.36. The average Bonchev–Trinajstić information content (AvgIpc) is 3.47. The van der Waals surface area contributed by atoms with Gasteiger partial charge >= 0.3 is 0 Å². The molecule has 174 valence electrons. The van der Waals surface area contributed by atoms with Gasteiger partial charge in [-0.25, -0.2) is 15.0 Å². The summed E-state index contributed by atoms with van der Waals surface area (Å²) in [5.74, 6) is 0.251. The highest BCUT2D eigenvalue weighted by atomic mass is 16.8. The normalized spacial score (nSPS) is 25.8. The number of fused-ring (bicyclic) bond motifs is 2. The monoisotopic (exact) mass is 452 g/mol. The smallest absolute Gasteiger partial charge is 0.251 e. The first-order valence-corrected chi connectivity index (χ1v) is 11.1. The van der Waals surface area contributed by atoms with E-state index in [0.717, 1.165) is 5.56 Å². The number of nitrogens with one attached hydrogen (secondary N) is 2. The van der Waals surface area contributed by atoms with Crippen LogP contribution >= 0.6 is 0 Å². The average molecular weight is 453 g/mol. The molecule has 1 aromatic carbocycles. The highest BCUT2D eigenvalue weighted by Crippen LogP contribution is 2.44. The van der Waals surface area contributed by atoms with Crippen LogP contribution in [0.2, 0.25) is 0 Å². The predicted molar refractivity (Wildman–Crippen MR) is 120 cm³/mol. The number of anilines is 1. The molecule has 33 heavy (non-hydrogen) atoms. The Hall–Kier alpha value is -3.08. The van der Waals surface area contributed by atoms with Crippen molar-refractivity contribution in [1.29, 1.82) is 0 Å². The first-order valence-electron chi connectivity index (χ1n) is 11.1. The summed E-state index contributed by atoms with van der Waals surface area (Å²) in [5.41, 5.74) is 2.38. The van der Waals surface area contributed by atoms with Crippen molar-refractivity contribution in [3.8, 4) is 0 Å². The fourth-order valence-electron chi connectivity index (χ4n) is 4.36. The van der Waals surface area contributed by atoms with Crippen molar-refractivity contribution in [3.05, 3.63) is 48.0 Å². The van der Waals surface area contributed by atoms with Crippen LogP contribution in [0.3, 0.4) is 0 Å². The number of aryl methyl sites for hydroxylation is 1. The summed E-state index contributed by atoms with van der Waals surface area (Å²) >= 11 is 0. The number of likely N-dealkylation sites (N-methyl/N-ethyl adjacent to an activating group) is 1. The number of carbonyl (C=O) groups is 1. The van der Waals surface area contributed by atoms with Crippen LogP contribution in [0.25, 0.3) is 11.2 Å². The highest BCUT2D eigenvalue weighted by Gasteiger charge is 2.58. The maximum absolute atomic E-state index is 12.5. The molecule has 2 aliphatic heterocycles. The number of aromatic nitrogens is 4. The van der Waals surface area contributed by atoms with Gasteiger partial charge < -0.3 is 24.8 Å². The third-order valence-corrected chi connectivity index (χ3v) is 5.89. The van der Waals surface area contributed by atoms with E-state index in [1.807, 2.05) is 43.5 Å². The lowest BCUT2D eigenvalue weighted by atomic mass is 10.1. The fraction of sp³-hybridized carbons (Fsp3) is 0.478. The molecule has 2 aliphatic rings. The Morgan fingerprint density at radius 3 is 2.64 bits per heavy atom. The summed E-state index contributed by atoms with van der Waals surface area (Å²) in [6, 6.07) is 10.1. The Morgan fingerprint density at radius 1 is 1.15 bits per heavy atom. The van der Waals surface area contributed by atoms with Crippen LogP contribution in [0.1, 0.15) is 38.4 Å². The first-order chi connectivity index (χ1) is 15.9. The van der Waals surface area contributed by atoms with Gasteiger partial charge in [-0.1, -0.05) is 37.3 Å². The van der Waals surface area contributed by atoms with Crippen molar-refractivity contribution in [2.45, 2.75) is 64.1 Å². The predicted octanol–water partition coefficient (Wildman–Crippen LogP) is 2.16. The molecule has 5 rings (SSSR count). The number of carbonyl (C=O) groups excluding carboxylic acids is 1. The SMILES string of the molecule is CCc1nc(NCc2ccccc2)c2ncn([C@@H]3O[C@H](C(=O)NC)[C@H]4OC(C)(C)O[C@H]43)c2n1. The van der Waals surface area contributed by atoms with E-state index >= 15 is 0 Å². The Labute approximate surface area is 191 Å². The Morgan fingerprint density at radius 2 is 1.91 bits per heavy atom. The minimum atomic E-state index is -0.827. The van der Waals surface area contributed by atoms with Crippen LogP contribution in [-0.2, 0) is 32.0 Å². The summed E-state index contributed by atoms with van der Waals surface area (Å²) in [4.78, 5) is 26.5. The van der Waals surface area contributed by atoms with Gasteiger partial charge in [0, 0.05) is 20.0 Å². The number of ether oxygens (including phenoxy) is 3. The zero-order valence-electron chi connectivity index (χ0n) is 19.1. The number of rotatable bonds is 6. The van der Waals surface area contributed by atoms with E-state index in [1.165, 1.54) is 0 Å². The van der Waals surface area contributed by atoms with Crippen molar-refractivity contribution in [2.24, 2.45) is 0 Å². The largest absolute Gasteiger partial charge is 0.364 e. The number of hydrogen-bond donors (Lipinski definition) is 2. The van der Waals surface area contributed by atoms with Crippen LogP contribution in [0, 0.1) is 0 Å². The minimum absolute atomic E-state index is 0.257. The maximum Gasteiger partial charge on any atom is 0.251 e. The van der Waals surface area contributed by atoms with Crippen molar-refractivity contribution in [3.63, 3.8) is 0 Å². The van der Waals surface area contributed by atoms with E-state index in [1.54, 1.807) is 13.4 Å². The summed E-state index contributed by atoms with van der Waals surface area (Å²) in [6.07, 6.45) is -0.120. The third kappa shape index (κ3) is 3.94. The first kappa shape index (κ1) is 21.7. The number of amides is 1. The van der Waals surface area contributed by atoms with E-state index in [0.29, 0.717) is 35.8 Å². The summed E-state index contributed by atoms with van der Waals surface area (Å²) in [7, 11) is 1.58. The zero-order valence-corrected chi connectivity index (χ0v) is 19.1. The molecular weight excluding hydrogens is 424 g/mol. The highest BCUT2D eigenvalue weighted by molar-refractivity contribution is 5.84. The van der Waals surface area contributed by atoms with Gasteiger partial charge in [0.1, 0.15) is 18.0 Å². The van der Waals surface area contributed by atoms with Gasteiger partial charge in [0.15, 0.2) is 35.1 Å². The lowest BCUT2D eigenvalue weighted by molar-refractivity contribution is -0.197. The second-order valence-electron chi connectivity index (χ2n) is 8.63. The molecule has 0 unspecified atom stereocenters. The van der Waals surface area contributed by atoms with Crippen molar-refractivity contribution >= 4 is 22.9 Å². The standard InChI is InChI=1S/C23H28N6O4/c1-5-14-27-19(25-11-13-9-7-6-8-10-13)15-20(28-14)29(12-26-15)22-18-16(32-23(2,3)33-18)17(31-22)21(30)24-4/h6-10,12,16-18,22H,5,11H2,1-4H3,(H,24,30)(H,25,27,28)/t16-,17+,18-,22-/m1/s1. The second-order valence-corrected chi connectivity index (χ2v) is 8.63. The molecule has 10 heteroatoms. The Balaban J connectivity index is 1.51. The molecule has 4 atom stereocenters. The van der Waals surface area contributed by atoms with E-state index < -0.39 is 30.3 Å². The van der Waals surface area contributed by atoms with Gasteiger partial charge in [0.25, 0.3) is 5.91 Å². The molecule has 2 N–H and O–H groups in total. The van der Waals surface area contributed by atoms with Crippen LogP contribution < -0.4 is 10.6 Å². The van der Waals surface area contributed by atoms with E-state index in [2.05, 4.69) is 32.7 Å². The van der Waals surface area contributed by atoms with Crippen LogP contribution in [0.4, 0.5) is 5.82 Å². The third-order valence-electron chi connectivity index (χ3n) is 5.89. The number of nitrogens with zero attached hydrogens (tertiary/aromatic N) is 4. The molecule has 0 aliphatic carbocycles. The fourth-order valence-corrected chi connectivity index (χ4v) is 4.36. The van der Waals surface area contributed by atoms with Crippen LogP contribution in [0.5, 0.6) is 0 Å². The zero-order chi connectivity index (χ0) is 23.2.